The lowest BCUT2D eigenvalue weighted by atomic mass is 10.0. The molecule has 0 saturated heterocycles. The van der Waals surface area contributed by atoms with E-state index in [-0.39, 0.29) is 0 Å². The van der Waals surface area contributed by atoms with Gasteiger partial charge in [0, 0.05) is 16.0 Å². The summed E-state index contributed by atoms with van der Waals surface area (Å²) < 4.78 is 42.0. The van der Waals surface area contributed by atoms with Gasteiger partial charge in [-0.25, -0.2) is 0 Å². The number of carbonyl (C=O) groups is 1. The first kappa shape index (κ1) is 16.2. The Kier molecular flexibility index (Phi) is 5.60. The summed E-state index contributed by atoms with van der Waals surface area (Å²) in [6.45, 7) is 0. The lowest BCUT2D eigenvalue weighted by Gasteiger charge is -2.15. The molecule has 19 heavy (non-hydrogen) atoms. The van der Waals surface area contributed by atoms with Crippen LogP contribution in [0.15, 0.2) is 18.2 Å². The third kappa shape index (κ3) is 4.64. The van der Waals surface area contributed by atoms with Gasteiger partial charge >= 0.3 is 6.18 Å². The molecule has 0 aliphatic rings. The van der Waals surface area contributed by atoms with E-state index < -0.39 is 24.4 Å². The van der Waals surface area contributed by atoms with E-state index in [1.54, 1.807) is 18.2 Å². The monoisotopic (exact) mass is 386 g/mol. The van der Waals surface area contributed by atoms with E-state index in [4.69, 9.17) is 10.5 Å². The highest BCUT2D eigenvalue weighted by molar-refractivity contribution is 14.1. The second-order valence-electron chi connectivity index (χ2n) is 3.77. The fourth-order valence-corrected chi connectivity index (χ4v) is 2.08. The molecule has 1 rings (SSSR count). The highest BCUT2D eigenvalue weighted by Gasteiger charge is 2.37. The van der Waals surface area contributed by atoms with Gasteiger partial charge in [0.05, 0.1) is 7.11 Å². The smallest absolute Gasteiger partial charge is 0.449 e. The second-order valence-corrected chi connectivity index (χ2v) is 4.94. The van der Waals surface area contributed by atoms with Crippen molar-refractivity contribution in [2.45, 2.75) is 18.6 Å². The summed E-state index contributed by atoms with van der Waals surface area (Å²) in [5.41, 5.74) is 6.40. The minimum absolute atomic E-state index is 0.557. The minimum Gasteiger partial charge on any atom is -0.497 e. The summed E-state index contributed by atoms with van der Waals surface area (Å²) in [7, 11) is 1.48. The summed E-state index contributed by atoms with van der Waals surface area (Å²) in [5, 5.41) is 0. The van der Waals surface area contributed by atoms with E-state index in [2.05, 4.69) is 0 Å². The van der Waals surface area contributed by atoms with Crippen LogP contribution in [0.4, 0.5) is 13.2 Å². The number of benzene rings is 1. The van der Waals surface area contributed by atoms with Crippen LogP contribution < -0.4 is 10.5 Å². The minimum atomic E-state index is -4.82. The molecule has 0 saturated carbocycles. The predicted octanol–water partition coefficient (Wildman–Crippen LogP) is 3.03. The average molecular weight is 386 g/mol. The number of Topliss-reactive ketones (excluding diaryl/α,β-unsaturated/α-hetero) is 1. The molecule has 0 fully saturated rings. The number of methoxy groups -OCH3 is 1. The summed E-state index contributed by atoms with van der Waals surface area (Å²) in [6, 6.07) is 4.35. The molecule has 0 amide bonds. The Morgan fingerprint density at radius 1 is 1.53 bits per heavy atom. The van der Waals surface area contributed by atoms with Crippen LogP contribution in [0, 0.1) is 9.99 Å². The third-order valence-corrected chi connectivity index (χ3v) is 3.42. The SMILES string of the molecule is COc1ccc(I)c(C(N)[CH]CC(=O)C(F)(F)F)c1. The zero-order chi connectivity index (χ0) is 14.6. The Labute approximate surface area is 122 Å². The zero-order valence-corrected chi connectivity index (χ0v) is 12.2. The molecule has 1 unspecified atom stereocenters. The zero-order valence-electron chi connectivity index (χ0n) is 10.00. The fourth-order valence-electron chi connectivity index (χ4n) is 1.38. The summed E-state index contributed by atoms with van der Waals surface area (Å²) in [4.78, 5) is 10.8. The van der Waals surface area contributed by atoms with Gasteiger partial charge in [-0.2, -0.15) is 13.2 Å². The molecule has 0 bridgehead atoms. The molecule has 0 heterocycles. The van der Waals surface area contributed by atoms with Crippen molar-refractivity contribution in [1.29, 1.82) is 0 Å². The van der Waals surface area contributed by atoms with Gasteiger partial charge in [0.15, 0.2) is 0 Å². The molecule has 2 N–H and O–H groups in total. The average Bonchev–Trinajstić information content (AvgIpc) is 2.34. The molecule has 0 aliphatic carbocycles. The first-order valence-corrected chi connectivity index (χ1v) is 6.36. The number of carbonyl (C=O) groups excluding carboxylic acids is 1. The van der Waals surface area contributed by atoms with Crippen molar-refractivity contribution in [3.8, 4) is 5.75 Å². The molecule has 1 aromatic carbocycles. The molecule has 105 valence electrons. The first-order chi connectivity index (χ1) is 8.75. The van der Waals surface area contributed by atoms with E-state index in [0.29, 0.717) is 11.3 Å². The van der Waals surface area contributed by atoms with Gasteiger partial charge in [-0.05, 0) is 52.8 Å². The predicted molar refractivity (Wildman–Crippen MR) is 72.6 cm³/mol. The van der Waals surface area contributed by atoms with Gasteiger partial charge in [0.2, 0.25) is 5.78 Å². The van der Waals surface area contributed by atoms with Crippen LogP contribution in [-0.4, -0.2) is 19.1 Å². The summed E-state index contributed by atoms with van der Waals surface area (Å²) in [6.07, 6.45) is -4.41. The molecular weight excluding hydrogens is 374 g/mol. The topological polar surface area (TPSA) is 52.3 Å². The molecule has 0 spiro atoms. The van der Waals surface area contributed by atoms with Crippen molar-refractivity contribution >= 4 is 28.4 Å². The Balaban J connectivity index is 2.73. The van der Waals surface area contributed by atoms with Crippen LogP contribution in [0.1, 0.15) is 18.0 Å². The van der Waals surface area contributed by atoms with E-state index in [1.165, 1.54) is 7.11 Å². The standard InChI is InChI=1S/C12H12F3INO2/c1-19-7-2-3-9(16)8(6-7)10(17)4-5-11(18)12(13,14)15/h2-4,6,10H,5,17H2,1H3. The van der Waals surface area contributed by atoms with Gasteiger partial charge in [-0.3, -0.25) is 4.79 Å². The quantitative estimate of drug-likeness (QED) is 0.792. The van der Waals surface area contributed by atoms with Gasteiger partial charge in [-0.15, -0.1) is 0 Å². The van der Waals surface area contributed by atoms with Crippen molar-refractivity contribution in [2.24, 2.45) is 5.73 Å². The fraction of sp³-hybridized carbons (Fsp3) is 0.333. The maximum atomic E-state index is 12.1. The highest BCUT2D eigenvalue weighted by atomic mass is 127. The Bertz CT molecular complexity index is 463. The third-order valence-electron chi connectivity index (χ3n) is 2.44. The number of hydrogen-bond donors (Lipinski definition) is 1. The van der Waals surface area contributed by atoms with Crippen molar-refractivity contribution in [3.63, 3.8) is 0 Å². The molecule has 7 heteroatoms. The van der Waals surface area contributed by atoms with Crippen molar-refractivity contribution in [2.75, 3.05) is 7.11 Å². The van der Waals surface area contributed by atoms with Crippen molar-refractivity contribution in [1.82, 2.24) is 0 Å². The van der Waals surface area contributed by atoms with Gasteiger partial charge in [0.1, 0.15) is 5.75 Å². The van der Waals surface area contributed by atoms with Crippen LogP contribution in [0.5, 0.6) is 5.75 Å². The number of nitrogens with two attached hydrogens (primary N) is 1. The number of halogens is 4. The summed E-state index contributed by atoms with van der Waals surface area (Å²) in [5.74, 6) is -1.25. The van der Waals surface area contributed by atoms with Gasteiger partial charge in [-0.1, -0.05) is 0 Å². The lowest BCUT2D eigenvalue weighted by molar-refractivity contribution is -0.170. The van der Waals surface area contributed by atoms with Crippen LogP contribution in [-0.2, 0) is 4.79 Å². The number of hydrogen-bond acceptors (Lipinski definition) is 3. The lowest BCUT2D eigenvalue weighted by Crippen LogP contribution is -2.24. The molecule has 1 aromatic rings. The van der Waals surface area contributed by atoms with Crippen LogP contribution in [0.2, 0.25) is 0 Å². The van der Waals surface area contributed by atoms with Gasteiger partial charge in [0.25, 0.3) is 0 Å². The van der Waals surface area contributed by atoms with E-state index in [1.807, 2.05) is 22.6 Å². The van der Waals surface area contributed by atoms with Crippen molar-refractivity contribution in [3.05, 3.63) is 33.8 Å². The number of rotatable bonds is 5. The Hall–Kier alpha value is -0.830. The largest absolute Gasteiger partial charge is 0.497 e. The number of alkyl halides is 3. The Morgan fingerprint density at radius 3 is 2.68 bits per heavy atom. The van der Waals surface area contributed by atoms with Crippen LogP contribution in [0.25, 0.3) is 0 Å². The van der Waals surface area contributed by atoms with E-state index in [0.717, 1.165) is 9.99 Å². The first-order valence-electron chi connectivity index (χ1n) is 5.28. The van der Waals surface area contributed by atoms with Crippen molar-refractivity contribution < 1.29 is 22.7 Å². The second kappa shape index (κ2) is 6.56. The molecule has 0 aromatic heterocycles. The molecule has 3 nitrogen and oxygen atoms in total. The molecule has 1 radical (unpaired) electrons. The number of ether oxygens (including phenoxy) is 1. The number of ketones is 1. The maximum absolute atomic E-state index is 12.1. The van der Waals surface area contributed by atoms with E-state index in [9.17, 15) is 18.0 Å². The molecule has 0 aliphatic heterocycles. The Morgan fingerprint density at radius 2 is 2.16 bits per heavy atom. The highest BCUT2D eigenvalue weighted by Crippen LogP contribution is 2.27. The van der Waals surface area contributed by atoms with Gasteiger partial charge < -0.3 is 10.5 Å². The van der Waals surface area contributed by atoms with E-state index >= 15 is 0 Å². The summed E-state index contributed by atoms with van der Waals surface area (Å²) >= 11 is 2.02. The molecular formula is C12H12F3INO2. The van der Waals surface area contributed by atoms with Crippen LogP contribution in [0.3, 0.4) is 0 Å². The van der Waals surface area contributed by atoms with Crippen LogP contribution >= 0.6 is 22.6 Å². The maximum Gasteiger partial charge on any atom is 0.449 e. The normalized spacial score (nSPS) is 13.2. The molecule has 1 atom stereocenters.